The lowest BCUT2D eigenvalue weighted by Gasteiger charge is -2.34. The molecule has 0 amide bonds. The summed E-state index contributed by atoms with van der Waals surface area (Å²) in [6.45, 7) is 4.32. The zero-order valence-corrected chi connectivity index (χ0v) is 17.2. The van der Waals surface area contributed by atoms with E-state index >= 15 is 0 Å². The smallest absolute Gasteiger partial charge is 0.131 e. The summed E-state index contributed by atoms with van der Waals surface area (Å²) in [6.07, 6.45) is 0. The number of nitrogens with one attached hydrogen (secondary N) is 1. The summed E-state index contributed by atoms with van der Waals surface area (Å²) in [5, 5.41) is 4.55. The van der Waals surface area contributed by atoms with Crippen molar-refractivity contribution in [3.63, 3.8) is 0 Å². The quantitative estimate of drug-likeness (QED) is 0.608. The molecular formula is C22H22Cl2N4. The van der Waals surface area contributed by atoms with Crippen LogP contribution in [0.5, 0.6) is 0 Å². The highest BCUT2D eigenvalue weighted by molar-refractivity contribution is 6.39. The highest BCUT2D eigenvalue weighted by Crippen LogP contribution is 2.34. The number of rotatable bonds is 4. The van der Waals surface area contributed by atoms with Gasteiger partial charge in [-0.2, -0.15) is 0 Å². The summed E-state index contributed by atoms with van der Waals surface area (Å²) in [5.74, 6) is 0.751. The SMILES string of the molecule is CN1CCN(c2ccc(Nc3cccc(-c4c(Cl)cccc4Cl)n3)cc2)CC1. The third-order valence-electron chi connectivity index (χ3n) is 4.98. The Kier molecular flexibility index (Phi) is 5.72. The van der Waals surface area contributed by atoms with Crippen LogP contribution < -0.4 is 10.2 Å². The Bertz CT molecular complexity index is 931. The van der Waals surface area contributed by atoms with Crippen LogP contribution in [0.4, 0.5) is 17.2 Å². The van der Waals surface area contributed by atoms with E-state index in [2.05, 4.69) is 51.4 Å². The second-order valence-corrected chi connectivity index (χ2v) is 7.78. The number of anilines is 3. The molecule has 2 heterocycles. The van der Waals surface area contributed by atoms with Gasteiger partial charge in [-0.05, 0) is 55.6 Å². The first-order chi connectivity index (χ1) is 13.6. The number of hydrogen-bond acceptors (Lipinski definition) is 4. The number of pyridine rings is 1. The Morgan fingerprint density at radius 3 is 2.14 bits per heavy atom. The van der Waals surface area contributed by atoms with Crippen LogP contribution in [0.25, 0.3) is 11.3 Å². The fourth-order valence-corrected chi connectivity index (χ4v) is 3.95. The topological polar surface area (TPSA) is 31.4 Å². The van der Waals surface area contributed by atoms with Crippen LogP contribution in [0.1, 0.15) is 0 Å². The first kappa shape index (κ1) is 19.1. The number of benzene rings is 2. The van der Waals surface area contributed by atoms with E-state index in [1.165, 1.54) is 5.69 Å². The van der Waals surface area contributed by atoms with Gasteiger partial charge in [0.2, 0.25) is 0 Å². The van der Waals surface area contributed by atoms with E-state index in [9.17, 15) is 0 Å². The first-order valence-corrected chi connectivity index (χ1v) is 10.1. The molecule has 0 aliphatic carbocycles. The second kappa shape index (κ2) is 8.39. The lowest BCUT2D eigenvalue weighted by atomic mass is 10.1. The Morgan fingerprint density at radius 2 is 1.46 bits per heavy atom. The van der Waals surface area contributed by atoms with Crippen molar-refractivity contribution in [1.82, 2.24) is 9.88 Å². The third kappa shape index (κ3) is 4.25. The van der Waals surface area contributed by atoms with Crippen molar-refractivity contribution in [2.24, 2.45) is 0 Å². The Labute approximate surface area is 175 Å². The van der Waals surface area contributed by atoms with Gasteiger partial charge in [-0.25, -0.2) is 4.98 Å². The van der Waals surface area contributed by atoms with Crippen molar-refractivity contribution in [1.29, 1.82) is 0 Å². The van der Waals surface area contributed by atoms with E-state index in [-0.39, 0.29) is 0 Å². The summed E-state index contributed by atoms with van der Waals surface area (Å²) in [7, 11) is 2.17. The lowest BCUT2D eigenvalue weighted by Crippen LogP contribution is -2.44. The number of halogens is 2. The normalized spacial score (nSPS) is 14.9. The maximum absolute atomic E-state index is 6.32. The molecule has 4 rings (SSSR count). The molecule has 0 spiro atoms. The summed E-state index contributed by atoms with van der Waals surface area (Å²) >= 11 is 12.6. The summed E-state index contributed by atoms with van der Waals surface area (Å²) in [4.78, 5) is 9.46. The minimum Gasteiger partial charge on any atom is -0.369 e. The zero-order valence-electron chi connectivity index (χ0n) is 15.7. The fraction of sp³-hybridized carbons (Fsp3) is 0.227. The Hall–Kier alpha value is -2.27. The van der Waals surface area contributed by atoms with Gasteiger partial charge in [-0.1, -0.05) is 35.3 Å². The van der Waals surface area contributed by atoms with Crippen molar-refractivity contribution >= 4 is 40.4 Å². The van der Waals surface area contributed by atoms with Crippen LogP contribution in [0.2, 0.25) is 10.0 Å². The largest absolute Gasteiger partial charge is 0.369 e. The summed E-state index contributed by atoms with van der Waals surface area (Å²) in [5.41, 5.74) is 3.74. The molecule has 0 saturated carbocycles. The molecular weight excluding hydrogens is 391 g/mol. The molecule has 0 atom stereocenters. The summed E-state index contributed by atoms with van der Waals surface area (Å²) < 4.78 is 0. The van der Waals surface area contributed by atoms with Crippen LogP contribution in [-0.2, 0) is 0 Å². The standard InChI is InChI=1S/C22H22Cl2N4/c1-27-12-14-28(15-13-27)17-10-8-16(9-11-17)25-21-7-3-6-20(26-21)22-18(23)4-2-5-19(22)24/h2-11H,12-15H2,1H3,(H,25,26). The molecule has 1 aromatic heterocycles. The fourth-order valence-electron chi connectivity index (χ4n) is 3.35. The predicted octanol–water partition coefficient (Wildman–Crippen LogP) is 5.55. The average molecular weight is 413 g/mol. The minimum atomic E-state index is 0.591. The Morgan fingerprint density at radius 1 is 0.821 bits per heavy atom. The van der Waals surface area contributed by atoms with Crippen LogP contribution >= 0.6 is 23.2 Å². The highest BCUT2D eigenvalue weighted by atomic mass is 35.5. The predicted molar refractivity (Wildman–Crippen MR) is 119 cm³/mol. The number of nitrogens with zero attached hydrogens (tertiary/aromatic N) is 3. The van der Waals surface area contributed by atoms with Crippen molar-refractivity contribution in [3.05, 3.63) is 70.7 Å². The second-order valence-electron chi connectivity index (χ2n) is 6.97. The van der Waals surface area contributed by atoms with Crippen molar-refractivity contribution < 1.29 is 0 Å². The van der Waals surface area contributed by atoms with E-state index in [0.29, 0.717) is 10.0 Å². The molecule has 0 bridgehead atoms. The van der Waals surface area contributed by atoms with E-state index < -0.39 is 0 Å². The van der Waals surface area contributed by atoms with Crippen molar-refractivity contribution in [2.45, 2.75) is 0 Å². The van der Waals surface area contributed by atoms with Crippen LogP contribution in [-0.4, -0.2) is 43.1 Å². The number of aromatic nitrogens is 1. The minimum absolute atomic E-state index is 0.591. The van der Waals surface area contributed by atoms with Crippen molar-refractivity contribution in [2.75, 3.05) is 43.4 Å². The number of piperazine rings is 1. The van der Waals surface area contributed by atoms with Gasteiger partial charge < -0.3 is 15.1 Å². The molecule has 1 fully saturated rings. The van der Waals surface area contributed by atoms with Gasteiger partial charge in [-0.3, -0.25) is 0 Å². The maximum atomic E-state index is 6.32. The molecule has 0 radical (unpaired) electrons. The number of hydrogen-bond donors (Lipinski definition) is 1. The Balaban J connectivity index is 1.50. The van der Waals surface area contributed by atoms with E-state index in [0.717, 1.165) is 48.9 Å². The van der Waals surface area contributed by atoms with Crippen LogP contribution in [0.3, 0.4) is 0 Å². The maximum Gasteiger partial charge on any atom is 0.131 e. The molecule has 1 aliphatic heterocycles. The molecule has 2 aromatic carbocycles. The van der Waals surface area contributed by atoms with Gasteiger partial charge in [0.15, 0.2) is 0 Å². The zero-order chi connectivity index (χ0) is 19.5. The van der Waals surface area contributed by atoms with Gasteiger partial charge in [0, 0.05) is 43.1 Å². The number of likely N-dealkylation sites (N-methyl/N-ethyl adjacent to an activating group) is 1. The first-order valence-electron chi connectivity index (χ1n) is 9.32. The van der Waals surface area contributed by atoms with Crippen molar-refractivity contribution in [3.8, 4) is 11.3 Å². The van der Waals surface area contributed by atoms with Gasteiger partial charge in [-0.15, -0.1) is 0 Å². The molecule has 1 saturated heterocycles. The van der Waals surface area contributed by atoms with Gasteiger partial charge in [0.25, 0.3) is 0 Å². The molecule has 28 heavy (non-hydrogen) atoms. The van der Waals surface area contributed by atoms with Gasteiger partial charge >= 0.3 is 0 Å². The van der Waals surface area contributed by atoms with Crippen LogP contribution in [0, 0.1) is 0 Å². The molecule has 3 aromatic rings. The molecule has 6 heteroatoms. The van der Waals surface area contributed by atoms with E-state index in [4.69, 9.17) is 23.2 Å². The monoisotopic (exact) mass is 412 g/mol. The molecule has 0 unspecified atom stereocenters. The van der Waals surface area contributed by atoms with E-state index in [1.807, 2.05) is 36.4 Å². The van der Waals surface area contributed by atoms with Gasteiger partial charge in [0.05, 0.1) is 15.7 Å². The van der Waals surface area contributed by atoms with Gasteiger partial charge in [0.1, 0.15) is 5.82 Å². The van der Waals surface area contributed by atoms with Crippen LogP contribution in [0.15, 0.2) is 60.7 Å². The molecule has 1 aliphatic rings. The molecule has 144 valence electrons. The highest BCUT2D eigenvalue weighted by Gasteiger charge is 2.14. The molecule has 4 nitrogen and oxygen atoms in total. The molecule has 1 N–H and O–H groups in total. The third-order valence-corrected chi connectivity index (χ3v) is 5.61. The van der Waals surface area contributed by atoms with E-state index in [1.54, 1.807) is 0 Å². The lowest BCUT2D eigenvalue weighted by molar-refractivity contribution is 0.313. The summed E-state index contributed by atoms with van der Waals surface area (Å²) in [6, 6.07) is 19.8. The average Bonchev–Trinajstić information content (AvgIpc) is 2.70.